The third kappa shape index (κ3) is 2.90. The van der Waals surface area contributed by atoms with Crippen LogP contribution >= 0.6 is 23.2 Å². The largest absolute Gasteiger partial charge is 0.461 e. The van der Waals surface area contributed by atoms with Gasteiger partial charge in [0.15, 0.2) is 0 Å². The zero-order valence-corrected chi connectivity index (χ0v) is 10.7. The summed E-state index contributed by atoms with van der Waals surface area (Å²) in [6.45, 7) is 1.53. The molecule has 0 N–H and O–H groups in total. The van der Waals surface area contributed by atoms with Crippen LogP contribution in [-0.2, 0) is 11.2 Å². The summed E-state index contributed by atoms with van der Waals surface area (Å²) in [5, 5.41) is 1.11. The first-order chi connectivity index (χ1) is 8.06. The van der Waals surface area contributed by atoms with Crippen molar-refractivity contribution in [2.45, 2.75) is 13.3 Å². The Morgan fingerprint density at radius 1 is 1.24 bits per heavy atom. The van der Waals surface area contributed by atoms with Gasteiger partial charge < -0.3 is 4.42 Å². The maximum atomic E-state index is 11.0. The first kappa shape index (κ1) is 12.2. The Morgan fingerprint density at radius 3 is 2.65 bits per heavy atom. The normalized spacial score (nSPS) is 10.5. The number of ketones is 1. The molecule has 0 saturated heterocycles. The lowest BCUT2D eigenvalue weighted by atomic mass is 10.2. The van der Waals surface area contributed by atoms with Crippen molar-refractivity contribution in [1.29, 1.82) is 0 Å². The molecule has 0 radical (unpaired) electrons. The van der Waals surface area contributed by atoms with Crippen molar-refractivity contribution in [3.8, 4) is 11.3 Å². The number of carbonyl (C=O) groups excluding carboxylic acids is 1. The minimum absolute atomic E-state index is 0.0631. The molecule has 17 heavy (non-hydrogen) atoms. The van der Waals surface area contributed by atoms with Crippen molar-refractivity contribution in [2.75, 3.05) is 0 Å². The van der Waals surface area contributed by atoms with Crippen molar-refractivity contribution in [2.24, 2.45) is 0 Å². The smallest absolute Gasteiger partial charge is 0.137 e. The Labute approximate surface area is 109 Å². The van der Waals surface area contributed by atoms with Crippen molar-refractivity contribution in [3.63, 3.8) is 0 Å². The number of Topliss-reactive ketones (excluding diaryl/α,β-unsaturated/α-hetero) is 1. The number of furan rings is 1. The molecule has 2 rings (SSSR count). The lowest BCUT2D eigenvalue weighted by Crippen LogP contribution is -1.93. The molecule has 1 aromatic heterocycles. The van der Waals surface area contributed by atoms with Crippen molar-refractivity contribution >= 4 is 29.0 Å². The quantitative estimate of drug-likeness (QED) is 0.827. The lowest BCUT2D eigenvalue weighted by molar-refractivity contribution is -0.116. The highest BCUT2D eigenvalue weighted by atomic mass is 35.5. The van der Waals surface area contributed by atoms with Crippen molar-refractivity contribution in [3.05, 3.63) is 46.1 Å². The molecule has 0 fully saturated rings. The second kappa shape index (κ2) is 4.94. The second-order valence-corrected chi connectivity index (χ2v) is 4.61. The van der Waals surface area contributed by atoms with Crippen LogP contribution in [0.4, 0.5) is 0 Å². The zero-order chi connectivity index (χ0) is 12.4. The highest BCUT2D eigenvalue weighted by Gasteiger charge is 2.10. The summed E-state index contributed by atoms with van der Waals surface area (Å²) in [6.07, 6.45) is 0.297. The molecule has 2 aromatic rings. The van der Waals surface area contributed by atoms with Gasteiger partial charge in [-0.25, -0.2) is 0 Å². The van der Waals surface area contributed by atoms with Gasteiger partial charge in [0.05, 0.1) is 11.4 Å². The Hall–Kier alpha value is -1.25. The summed E-state index contributed by atoms with van der Waals surface area (Å²) in [7, 11) is 0. The summed E-state index contributed by atoms with van der Waals surface area (Å²) in [5.41, 5.74) is 0.769. The number of rotatable bonds is 3. The van der Waals surface area contributed by atoms with Gasteiger partial charge in [0, 0.05) is 10.6 Å². The minimum Gasteiger partial charge on any atom is -0.461 e. The third-order valence-corrected chi connectivity index (χ3v) is 2.83. The van der Waals surface area contributed by atoms with Gasteiger partial charge in [0.1, 0.15) is 17.3 Å². The van der Waals surface area contributed by atoms with E-state index in [1.165, 1.54) is 6.92 Å². The van der Waals surface area contributed by atoms with Crippen LogP contribution in [0.5, 0.6) is 0 Å². The SMILES string of the molecule is CC(=O)Cc1ccc(-c2ccc(Cl)cc2Cl)o1. The van der Waals surface area contributed by atoms with Crippen molar-refractivity contribution in [1.82, 2.24) is 0 Å². The molecule has 88 valence electrons. The summed E-state index contributed by atoms with van der Waals surface area (Å²) in [5.74, 6) is 1.34. The van der Waals surface area contributed by atoms with E-state index in [0.717, 1.165) is 5.56 Å². The van der Waals surface area contributed by atoms with Crippen LogP contribution in [0.3, 0.4) is 0 Å². The Kier molecular flexibility index (Phi) is 3.55. The highest BCUT2D eigenvalue weighted by molar-refractivity contribution is 6.36. The van der Waals surface area contributed by atoms with Gasteiger partial charge in [-0.05, 0) is 37.3 Å². The maximum Gasteiger partial charge on any atom is 0.137 e. The summed E-state index contributed by atoms with van der Waals surface area (Å²) < 4.78 is 5.55. The molecule has 0 saturated carbocycles. The second-order valence-electron chi connectivity index (χ2n) is 3.77. The van der Waals surface area contributed by atoms with E-state index in [-0.39, 0.29) is 5.78 Å². The van der Waals surface area contributed by atoms with E-state index in [4.69, 9.17) is 27.6 Å². The third-order valence-electron chi connectivity index (χ3n) is 2.28. The molecule has 0 aliphatic carbocycles. The van der Waals surface area contributed by atoms with Crippen LogP contribution in [0.15, 0.2) is 34.7 Å². The fraction of sp³-hybridized carbons (Fsp3) is 0.154. The molecule has 0 aliphatic rings. The summed E-state index contributed by atoms with van der Waals surface area (Å²) in [6, 6.07) is 8.78. The number of hydrogen-bond donors (Lipinski definition) is 0. The fourth-order valence-electron chi connectivity index (χ4n) is 1.55. The minimum atomic E-state index is 0.0631. The van der Waals surface area contributed by atoms with Gasteiger partial charge in [-0.1, -0.05) is 23.2 Å². The number of carbonyl (C=O) groups is 1. The van der Waals surface area contributed by atoms with Crippen LogP contribution < -0.4 is 0 Å². The van der Waals surface area contributed by atoms with E-state index < -0.39 is 0 Å². The van der Waals surface area contributed by atoms with Gasteiger partial charge in [0.25, 0.3) is 0 Å². The van der Waals surface area contributed by atoms with Crippen LogP contribution in [0.1, 0.15) is 12.7 Å². The highest BCUT2D eigenvalue weighted by Crippen LogP contribution is 2.31. The van der Waals surface area contributed by atoms with Gasteiger partial charge in [-0.3, -0.25) is 4.79 Å². The molecular weight excluding hydrogens is 259 g/mol. The number of benzene rings is 1. The summed E-state index contributed by atoms with van der Waals surface area (Å²) in [4.78, 5) is 11.0. The van der Waals surface area contributed by atoms with Gasteiger partial charge in [-0.2, -0.15) is 0 Å². The van der Waals surface area contributed by atoms with E-state index in [2.05, 4.69) is 0 Å². The van der Waals surface area contributed by atoms with Gasteiger partial charge in [0.2, 0.25) is 0 Å². The standard InChI is InChI=1S/C13H10Cl2O2/c1-8(16)6-10-3-5-13(17-10)11-4-2-9(14)7-12(11)15/h2-5,7H,6H2,1H3. The molecule has 1 heterocycles. The zero-order valence-electron chi connectivity index (χ0n) is 9.17. The lowest BCUT2D eigenvalue weighted by Gasteiger charge is -2.01. The predicted octanol–water partition coefficient (Wildman–Crippen LogP) is 4.38. The molecular formula is C13H10Cl2O2. The van der Waals surface area contributed by atoms with Crippen LogP contribution in [0, 0.1) is 0 Å². The van der Waals surface area contributed by atoms with E-state index >= 15 is 0 Å². The molecule has 4 heteroatoms. The maximum absolute atomic E-state index is 11.0. The first-order valence-electron chi connectivity index (χ1n) is 5.10. The summed E-state index contributed by atoms with van der Waals surface area (Å²) >= 11 is 11.9. The van der Waals surface area contributed by atoms with E-state index in [1.54, 1.807) is 30.3 Å². The molecule has 0 aliphatic heterocycles. The van der Waals surface area contributed by atoms with Gasteiger partial charge in [-0.15, -0.1) is 0 Å². The molecule has 1 aromatic carbocycles. The molecule has 0 bridgehead atoms. The van der Waals surface area contributed by atoms with Crippen LogP contribution in [0.25, 0.3) is 11.3 Å². The Morgan fingerprint density at radius 2 is 2.00 bits per heavy atom. The van der Waals surface area contributed by atoms with E-state index in [0.29, 0.717) is 28.0 Å². The predicted molar refractivity (Wildman–Crippen MR) is 68.5 cm³/mol. The number of halogens is 2. The Balaban J connectivity index is 2.33. The van der Waals surface area contributed by atoms with E-state index in [9.17, 15) is 4.79 Å². The topological polar surface area (TPSA) is 30.2 Å². The van der Waals surface area contributed by atoms with Crippen molar-refractivity contribution < 1.29 is 9.21 Å². The molecule has 0 unspecified atom stereocenters. The Bertz CT molecular complexity index is 558. The van der Waals surface area contributed by atoms with E-state index in [1.807, 2.05) is 0 Å². The van der Waals surface area contributed by atoms with Crippen LogP contribution in [0.2, 0.25) is 10.0 Å². The fourth-order valence-corrected chi connectivity index (χ4v) is 2.05. The molecule has 2 nitrogen and oxygen atoms in total. The molecule has 0 spiro atoms. The van der Waals surface area contributed by atoms with Crippen LogP contribution in [-0.4, -0.2) is 5.78 Å². The monoisotopic (exact) mass is 268 g/mol. The average molecular weight is 269 g/mol. The molecule has 0 atom stereocenters. The average Bonchev–Trinajstić information content (AvgIpc) is 2.65. The number of hydrogen-bond acceptors (Lipinski definition) is 2. The van der Waals surface area contributed by atoms with Gasteiger partial charge >= 0.3 is 0 Å². The first-order valence-corrected chi connectivity index (χ1v) is 5.85. The molecule has 0 amide bonds.